The number of imidazole rings is 1. The van der Waals surface area contributed by atoms with Crippen LogP contribution in [-0.2, 0) is 25.4 Å². The van der Waals surface area contributed by atoms with Gasteiger partial charge in [-0.05, 0) is 22.4 Å². The quantitative estimate of drug-likeness (QED) is 0.594. The first-order valence-electron chi connectivity index (χ1n) is 5.79. The molecule has 0 saturated carbocycles. The van der Waals surface area contributed by atoms with Crippen LogP contribution in [0.25, 0.3) is 11.2 Å². The molecule has 2 heterocycles. The van der Waals surface area contributed by atoms with Crippen molar-refractivity contribution in [3.05, 3.63) is 25.6 Å². The zero-order chi connectivity index (χ0) is 14.2. The molecule has 8 heteroatoms. The molecule has 2 aromatic heterocycles. The van der Waals surface area contributed by atoms with Gasteiger partial charge >= 0.3 is 5.69 Å². The summed E-state index contributed by atoms with van der Waals surface area (Å²) in [6.45, 7) is 1.22. The van der Waals surface area contributed by atoms with Gasteiger partial charge in [0.2, 0.25) is 0 Å². The van der Waals surface area contributed by atoms with Crippen molar-refractivity contribution in [3.63, 3.8) is 0 Å². The second-order valence-electron chi connectivity index (χ2n) is 4.26. The minimum absolute atomic E-state index is 0.286. The van der Waals surface area contributed by atoms with Gasteiger partial charge in [-0.2, -0.15) is 0 Å². The topological polar surface area (TPSA) is 71.1 Å². The van der Waals surface area contributed by atoms with Crippen LogP contribution in [0.5, 0.6) is 0 Å². The Kier molecular flexibility index (Phi) is 3.91. The van der Waals surface area contributed by atoms with Crippen LogP contribution >= 0.6 is 15.9 Å². The van der Waals surface area contributed by atoms with E-state index in [1.165, 1.54) is 11.6 Å². The Bertz CT molecular complexity index is 728. The number of aromatic nitrogens is 4. The molecule has 2 aromatic rings. The van der Waals surface area contributed by atoms with E-state index in [1.54, 1.807) is 18.7 Å². The zero-order valence-electron chi connectivity index (χ0n) is 11.0. The van der Waals surface area contributed by atoms with Gasteiger partial charge in [0.15, 0.2) is 15.9 Å². The van der Waals surface area contributed by atoms with Crippen molar-refractivity contribution in [2.75, 3.05) is 13.7 Å². The van der Waals surface area contributed by atoms with E-state index in [-0.39, 0.29) is 16.8 Å². The van der Waals surface area contributed by atoms with E-state index in [0.717, 1.165) is 11.0 Å². The van der Waals surface area contributed by atoms with Crippen molar-refractivity contribution in [2.45, 2.75) is 13.0 Å². The molecule has 104 valence electrons. The van der Waals surface area contributed by atoms with Crippen molar-refractivity contribution in [1.29, 1.82) is 0 Å². The molecule has 0 N–H and O–H groups in total. The number of hydrogen-bond acceptors (Lipinski definition) is 4. The van der Waals surface area contributed by atoms with Crippen LogP contribution in [0.1, 0.15) is 6.42 Å². The highest BCUT2D eigenvalue weighted by Gasteiger charge is 2.17. The van der Waals surface area contributed by atoms with Crippen LogP contribution in [0.3, 0.4) is 0 Å². The highest BCUT2D eigenvalue weighted by Crippen LogP contribution is 2.16. The third-order valence-corrected chi connectivity index (χ3v) is 3.63. The first-order chi connectivity index (χ1) is 8.99. The van der Waals surface area contributed by atoms with Crippen LogP contribution in [0, 0.1) is 0 Å². The van der Waals surface area contributed by atoms with Gasteiger partial charge in [0.1, 0.15) is 0 Å². The summed E-state index contributed by atoms with van der Waals surface area (Å²) >= 11 is 3.33. The molecule has 0 atom stereocenters. The van der Waals surface area contributed by atoms with E-state index in [9.17, 15) is 9.59 Å². The molecular formula is C11H15BrN4O3. The van der Waals surface area contributed by atoms with E-state index in [0.29, 0.717) is 23.5 Å². The summed E-state index contributed by atoms with van der Waals surface area (Å²) in [6.07, 6.45) is 0.768. The van der Waals surface area contributed by atoms with Crippen LogP contribution in [0.15, 0.2) is 14.3 Å². The van der Waals surface area contributed by atoms with Crippen molar-refractivity contribution in [1.82, 2.24) is 18.7 Å². The number of ether oxygens (including phenoxy) is 1. The maximum atomic E-state index is 12.0. The fourth-order valence-corrected chi connectivity index (χ4v) is 2.55. The van der Waals surface area contributed by atoms with Crippen molar-refractivity contribution >= 4 is 27.1 Å². The zero-order valence-corrected chi connectivity index (χ0v) is 12.6. The van der Waals surface area contributed by atoms with E-state index in [4.69, 9.17) is 4.74 Å². The molecule has 0 saturated heterocycles. The van der Waals surface area contributed by atoms with E-state index >= 15 is 0 Å². The minimum Gasteiger partial charge on any atom is -0.385 e. The third-order valence-electron chi connectivity index (χ3n) is 3.02. The maximum absolute atomic E-state index is 12.0. The van der Waals surface area contributed by atoms with Crippen LogP contribution < -0.4 is 11.2 Å². The van der Waals surface area contributed by atoms with Gasteiger partial charge in [-0.3, -0.25) is 13.9 Å². The number of methoxy groups -OCH3 is 1. The lowest BCUT2D eigenvalue weighted by Gasteiger charge is -2.09. The van der Waals surface area contributed by atoms with Gasteiger partial charge in [-0.1, -0.05) is 0 Å². The Balaban J connectivity index is 2.69. The molecule has 0 bridgehead atoms. The second kappa shape index (κ2) is 5.30. The number of rotatable bonds is 4. The molecule has 0 unspecified atom stereocenters. The molecule has 19 heavy (non-hydrogen) atoms. The Morgan fingerprint density at radius 2 is 1.95 bits per heavy atom. The van der Waals surface area contributed by atoms with E-state index < -0.39 is 0 Å². The number of hydrogen-bond donors (Lipinski definition) is 0. The predicted molar refractivity (Wildman–Crippen MR) is 74.4 cm³/mol. The molecule has 2 rings (SSSR count). The van der Waals surface area contributed by atoms with E-state index in [2.05, 4.69) is 20.9 Å². The molecule has 0 radical (unpaired) electrons. The summed E-state index contributed by atoms with van der Waals surface area (Å²) in [4.78, 5) is 28.2. The summed E-state index contributed by atoms with van der Waals surface area (Å²) in [6, 6.07) is 0. The average Bonchev–Trinajstić information content (AvgIpc) is 2.72. The number of nitrogens with zero attached hydrogens (tertiary/aromatic N) is 4. The second-order valence-corrected chi connectivity index (χ2v) is 4.97. The highest BCUT2D eigenvalue weighted by atomic mass is 79.9. The summed E-state index contributed by atoms with van der Waals surface area (Å²) in [5.41, 5.74) is 0.0622. The van der Waals surface area contributed by atoms with Gasteiger partial charge < -0.3 is 9.30 Å². The lowest BCUT2D eigenvalue weighted by Crippen LogP contribution is -2.37. The minimum atomic E-state index is -0.385. The largest absolute Gasteiger partial charge is 0.385 e. The summed E-state index contributed by atoms with van der Waals surface area (Å²) in [7, 11) is 4.71. The standard InChI is InChI=1S/C11H15BrN4O3/c1-14-8-7(9(17)15(2)11(14)18)13-10(12)16(8)5-4-6-19-3/h4-6H2,1-3H3. The first kappa shape index (κ1) is 14.0. The normalized spacial score (nSPS) is 11.4. The van der Waals surface area contributed by atoms with Crippen molar-refractivity contribution < 1.29 is 4.74 Å². The molecule has 0 aliphatic carbocycles. The molecule has 0 aliphatic rings. The highest BCUT2D eigenvalue weighted by molar-refractivity contribution is 9.10. The van der Waals surface area contributed by atoms with Gasteiger partial charge in [0.25, 0.3) is 5.56 Å². The SMILES string of the molecule is COCCCn1c(Br)nc2c(=O)n(C)c(=O)n(C)c21. The Labute approximate surface area is 117 Å². The number of fused-ring (bicyclic) bond motifs is 1. The summed E-state index contributed by atoms with van der Waals surface area (Å²) in [5.74, 6) is 0. The van der Waals surface area contributed by atoms with Gasteiger partial charge in [0.05, 0.1) is 0 Å². The first-order valence-corrected chi connectivity index (χ1v) is 6.59. The van der Waals surface area contributed by atoms with Gasteiger partial charge in [0, 0.05) is 34.4 Å². The third kappa shape index (κ3) is 2.25. The molecule has 0 amide bonds. The molecular weight excluding hydrogens is 316 g/mol. The lowest BCUT2D eigenvalue weighted by atomic mass is 10.4. The average molecular weight is 331 g/mol. The summed E-state index contributed by atoms with van der Waals surface area (Å²) in [5, 5.41) is 0. The monoisotopic (exact) mass is 330 g/mol. The number of halogens is 1. The molecule has 0 spiro atoms. The summed E-state index contributed by atoms with van der Waals surface area (Å²) < 4.78 is 9.84. The Hall–Kier alpha value is -1.41. The van der Waals surface area contributed by atoms with Crippen LogP contribution in [0.2, 0.25) is 0 Å². The predicted octanol–water partition coefficient (Wildman–Crippen LogP) is 0.233. The van der Waals surface area contributed by atoms with Gasteiger partial charge in [-0.15, -0.1) is 0 Å². The maximum Gasteiger partial charge on any atom is 0.332 e. The van der Waals surface area contributed by atoms with Gasteiger partial charge in [-0.25, -0.2) is 9.78 Å². The molecule has 0 aliphatic heterocycles. The fourth-order valence-electron chi connectivity index (χ4n) is 2.03. The Morgan fingerprint density at radius 1 is 1.26 bits per heavy atom. The van der Waals surface area contributed by atoms with Crippen LogP contribution in [0.4, 0.5) is 0 Å². The Morgan fingerprint density at radius 3 is 2.58 bits per heavy atom. The van der Waals surface area contributed by atoms with Crippen LogP contribution in [-0.4, -0.2) is 32.4 Å². The van der Waals surface area contributed by atoms with E-state index in [1.807, 2.05) is 0 Å². The smallest absolute Gasteiger partial charge is 0.332 e. The fraction of sp³-hybridized carbons (Fsp3) is 0.545. The molecule has 7 nitrogen and oxygen atoms in total. The molecule has 0 fully saturated rings. The lowest BCUT2D eigenvalue weighted by molar-refractivity contribution is 0.190. The molecule has 0 aromatic carbocycles. The van der Waals surface area contributed by atoms with Crippen molar-refractivity contribution in [2.24, 2.45) is 14.1 Å². The van der Waals surface area contributed by atoms with Crippen molar-refractivity contribution in [3.8, 4) is 0 Å². The number of aryl methyl sites for hydroxylation is 2.